The number of nitrogens with one attached hydrogen (secondary N) is 4. The van der Waals surface area contributed by atoms with Crippen LogP contribution >= 0.6 is 7.82 Å². The van der Waals surface area contributed by atoms with E-state index in [0.29, 0.717) is 37.1 Å². The van der Waals surface area contributed by atoms with E-state index in [-0.39, 0.29) is 42.4 Å². The number of carboxylic acids is 2. The number of aromatic amines is 1. The van der Waals surface area contributed by atoms with Gasteiger partial charge >= 0.3 is 19.8 Å². The number of hydrogen-bond donors (Lipinski definition) is 9. The number of nitrogens with two attached hydrogens (primary N) is 1. The Balaban J connectivity index is 1.62. The molecule has 2 heterocycles. The van der Waals surface area contributed by atoms with E-state index >= 15 is 0 Å². The van der Waals surface area contributed by atoms with Gasteiger partial charge in [0.1, 0.15) is 0 Å². The molecule has 0 fully saturated rings. The molecule has 3 rings (SSSR count). The number of amides is 2. The summed E-state index contributed by atoms with van der Waals surface area (Å²) in [6.07, 6.45) is 1.66. The maximum Gasteiger partial charge on any atom is 0.469 e. The van der Waals surface area contributed by atoms with Crippen molar-refractivity contribution in [2.45, 2.75) is 50.6 Å². The molecule has 0 saturated heterocycles. The summed E-state index contributed by atoms with van der Waals surface area (Å²) >= 11 is 0. The van der Waals surface area contributed by atoms with Gasteiger partial charge in [-0.2, -0.15) is 4.98 Å². The fourth-order valence-corrected chi connectivity index (χ4v) is 4.52. The lowest BCUT2D eigenvalue weighted by Gasteiger charge is -2.29. The van der Waals surface area contributed by atoms with E-state index < -0.39 is 55.5 Å². The molecule has 1 unspecified atom stereocenters. The molecule has 2 amide bonds. The average molecular weight is 665 g/mol. The van der Waals surface area contributed by atoms with Crippen LogP contribution in [0.4, 0.5) is 11.6 Å². The number of H-pyrrole nitrogens is 1. The molecule has 46 heavy (non-hydrogen) atoms. The first-order valence-electron chi connectivity index (χ1n) is 13.8. The first-order valence-corrected chi connectivity index (χ1v) is 15.3. The highest BCUT2D eigenvalue weighted by molar-refractivity contribution is 7.46. The third-order valence-corrected chi connectivity index (χ3v) is 7.04. The third-order valence-electron chi connectivity index (χ3n) is 6.52. The molecular formula is C26H33N8O11P. The Labute approximate surface area is 260 Å². The molecule has 248 valence electrons. The summed E-state index contributed by atoms with van der Waals surface area (Å²) in [5.74, 6) is -5.26. The summed E-state index contributed by atoms with van der Waals surface area (Å²) in [5.41, 5.74) is 3.35. The van der Waals surface area contributed by atoms with Crippen molar-refractivity contribution in [1.82, 2.24) is 30.6 Å². The minimum atomic E-state index is -4.55. The second kappa shape index (κ2) is 15.8. The van der Waals surface area contributed by atoms with Gasteiger partial charge in [0.15, 0.2) is 11.2 Å². The van der Waals surface area contributed by atoms with Gasteiger partial charge in [0, 0.05) is 30.6 Å². The van der Waals surface area contributed by atoms with Crippen molar-refractivity contribution in [3.05, 3.63) is 52.1 Å². The molecule has 0 spiro atoms. The smallest absolute Gasteiger partial charge is 0.469 e. The van der Waals surface area contributed by atoms with Crippen molar-refractivity contribution in [3.63, 3.8) is 0 Å². The number of carboxylic acid groups (broad SMARTS) is 2. The van der Waals surface area contributed by atoms with Gasteiger partial charge in [-0.15, -0.1) is 0 Å². The number of anilines is 2. The minimum absolute atomic E-state index is 0.000488. The van der Waals surface area contributed by atoms with Gasteiger partial charge in [0.05, 0.1) is 25.0 Å². The zero-order valence-corrected chi connectivity index (χ0v) is 25.2. The highest BCUT2D eigenvalue weighted by atomic mass is 31.2. The number of carbonyl (C=O) groups is 4. The van der Waals surface area contributed by atoms with Crippen LogP contribution in [0.2, 0.25) is 0 Å². The highest BCUT2D eigenvalue weighted by Crippen LogP contribution is 2.35. The molecule has 0 radical (unpaired) electrons. The lowest BCUT2D eigenvalue weighted by Crippen LogP contribution is -2.64. The number of hydrogen-bond acceptors (Lipinski definition) is 12. The Morgan fingerprint density at radius 2 is 1.72 bits per heavy atom. The van der Waals surface area contributed by atoms with Crippen LogP contribution in [0.1, 0.15) is 54.6 Å². The number of phosphoric ester groups is 1. The molecule has 3 aromatic rings. The Morgan fingerprint density at radius 1 is 1.02 bits per heavy atom. The average Bonchev–Trinajstić information content (AvgIpc) is 2.98. The maximum atomic E-state index is 13.1. The molecule has 20 heteroatoms. The lowest BCUT2D eigenvalue weighted by atomic mass is 9.91. The van der Waals surface area contributed by atoms with Gasteiger partial charge in [0.2, 0.25) is 11.5 Å². The first kappa shape index (κ1) is 35.5. The zero-order chi connectivity index (χ0) is 33.9. The van der Waals surface area contributed by atoms with Gasteiger partial charge in [-0.05, 0) is 37.1 Å². The number of nitrogens with zero attached hydrogens (tertiary/aromatic N) is 3. The summed E-state index contributed by atoms with van der Waals surface area (Å²) in [6, 6.07) is 5.73. The van der Waals surface area contributed by atoms with Crippen LogP contribution in [0.5, 0.6) is 0 Å². The van der Waals surface area contributed by atoms with E-state index in [9.17, 15) is 33.6 Å². The number of nitrogen functional groups attached to an aromatic ring is 1. The van der Waals surface area contributed by atoms with Gasteiger partial charge < -0.3 is 41.7 Å². The molecule has 0 saturated carbocycles. The second-order valence-electron chi connectivity index (χ2n) is 9.97. The van der Waals surface area contributed by atoms with Crippen molar-refractivity contribution in [1.29, 1.82) is 0 Å². The van der Waals surface area contributed by atoms with E-state index in [4.69, 9.17) is 20.6 Å². The Kier molecular flexibility index (Phi) is 12.2. The predicted octanol–water partition coefficient (Wildman–Crippen LogP) is 0.111. The van der Waals surface area contributed by atoms with Gasteiger partial charge in [-0.1, -0.05) is 12.8 Å². The normalized spacial score (nSPS) is 12.7. The van der Waals surface area contributed by atoms with E-state index in [1.54, 1.807) is 0 Å². The number of unbranched alkanes of at least 4 members (excludes halogenated alkanes) is 3. The van der Waals surface area contributed by atoms with Crippen LogP contribution in [0.3, 0.4) is 0 Å². The number of benzene rings is 1. The van der Waals surface area contributed by atoms with Crippen LogP contribution in [0.15, 0.2) is 35.3 Å². The molecule has 0 bridgehead atoms. The van der Waals surface area contributed by atoms with Crippen LogP contribution < -0.4 is 27.2 Å². The quantitative estimate of drug-likeness (QED) is 0.0495. The molecule has 19 nitrogen and oxygen atoms in total. The Hall–Kier alpha value is -4.97. The van der Waals surface area contributed by atoms with E-state index in [1.807, 2.05) is 0 Å². The van der Waals surface area contributed by atoms with Gasteiger partial charge in [0.25, 0.3) is 17.4 Å². The number of phosphoric acid groups is 1. The number of rotatable bonds is 18. The van der Waals surface area contributed by atoms with Crippen LogP contribution in [-0.2, 0) is 30.0 Å². The fourth-order valence-electron chi connectivity index (χ4n) is 4.16. The van der Waals surface area contributed by atoms with Crippen molar-refractivity contribution < 1.29 is 48.3 Å². The number of aromatic nitrogens is 4. The SMILES string of the molecule is Nc1nc2ncc(CNc3ccc(C(=O)NC(CCC(=O)O)(C(=O)O)C(=O)NCCCCCCOP(=O)(O)O)cc3)nc2c(=O)[nH]1. The molecule has 10 N–H and O–H groups in total. The van der Waals surface area contributed by atoms with Crippen LogP contribution in [0, 0.1) is 0 Å². The number of carbonyl (C=O) groups excluding carboxylic acids is 2. The Morgan fingerprint density at radius 3 is 2.37 bits per heavy atom. The van der Waals surface area contributed by atoms with E-state index in [0.717, 1.165) is 0 Å². The first-order chi connectivity index (χ1) is 21.7. The number of fused-ring (bicyclic) bond motifs is 1. The highest BCUT2D eigenvalue weighted by Gasteiger charge is 2.47. The molecule has 2 aromatic heterocycles. The van der Waals surface area contributed by atoms with Crippen LogP contribution in [-0.4, -0.2) is 82.4 Å². The summed E-state index contributed by atoms with van der Waals surface area (Å²) < 4.78 is 15.0. The van der Waals surface area contributed by atoms with Gasteiger partial charge in [-0.3, -0.25) is 28.7 Å². The van der Waals surface area contributed by atoms with Crippen molar-refractivity contribution in [2.75, 3.05) is 24.2 Å². The van der Waals surface area contributed by atoms with E-state index in [2.05, 4.69) is 40.4 Å². The van der Waals surface area contributed by atoms with Gasteiger partial charge in [-0.25, -0.2) is 19.3 Å². The maximum absolute atomic E-state index is 13.1. The van der Waals surface area contributed by atoms with E-state index in [1.165, 1.54) is 30.5 Å². The largest absolute Gasteiger partial charge is 0.481 e. The minimum Gasteiger partial charge on any atom is -0.481 e. The molecule has 0 aliphatic heterocycles. The molecular weight excluding hydrogens is 631 g/mol. The fraction of sp³-hybridized carbons (Fsp3) is 0.385. The molecule has 1 atom stereocenters. The second-order valence-corrected chi connectivity index (χ2v) is 11.2. The molecule has 1 aromatic carbocycles. The Bertz CT molecular complexity index is 1680. The predicted molar refractivity (Wildman–Crippen MR) is 160 cm³/mol. The third kappa shape index (κ3) is 10.3. The monoisotopic (exact) mass is 664 g/mol. The molecule has 0 aliphatic rings. The standard InChI is InChI=1S/C26H33N8O11P/c27-25-32-20-19(22(38)33-25)31-17(14-30-20)13-29-16-7-5-15(6-8-16)21(37)34-26(24(40)41,10-9-18(35)36)23(39)28-11-3-1-2-4-12-45-46(42,43)44/h5-8,14,29H,1-4,9-13H2,(H,28,39)(H,34,37)(H,35,36)(H,40,41)(H2,42,43,44)(H3,27,30,32,33,38). The summed E-state index contributed by atoms with van der Waals surface area (Å²) in [5, 5.41) is 26.8. The summed E-state index contributed by atoms with van der Waals surface area (Å²) in [6.45, 7) is -0.0272. The lowest BCUT2D eigenvalue weighted by molar-refractivity contribution is -0.151. The van der Waals surface area contributed by atoms with Crippen molar-refractivity contribution in [2.24, 2.45) is 0 Å². The van der Waals surface area contributed by atoms with Crippen molar-refractivity contribution in [3.8, 4) is 0 Å². The molecule has 0 aliphatic carbocycles. The zero-order valence-electron chi connectivity index (χ0n) is 24.3. The summed E-state index contributed by atoms with van der Waals surface area (Å²) in [4.78, 5) is 93.7. The number of aliphatic carboxylic acids is 2. The van der Waals surface area contributed by atoms with Crippen molar-refractivity contribution >= 4 is 54.4 Å². The topological polar surface area (TPSA) is 309 Å². The van der Waals surface area contributed by atoms with Crippen LogP contribution in [0.25, 0.3) is 11.2 Å². The summed E-state index contributed by atoms with van der Waals surface area (Å²) in [7, 11) is -4.55.